The van der Waals surface area contributed by atoms with Gasteiger partial charge in [-0.3, -0.25) is 14.2 Å². The lowest BCUT2D eigenvalue weighted by atomic mass is 9.77. The van der Waals surface area contributed by atoms with E-state index in [2.05, 4.69) is 12.1 Å². The summed E-state index contributed by atoms with van der Waals surface area (Å²) in [5, 5.41) is 0.541. The number of ketones is 1. The number of carbonyl (C=O) groups is 2. The molecule has 3 heterocycles. The number of benzene rings is 1. The molecule has 0 amide bonds. The molecule has 2 aromatic rings. The molecule has 2 unspecified atom stereocenters. The van der Waals surface area contributed by atoms with Crippen LogP contribution in [0.4, 0.5) is 0 Å². The summed E-state index contributed by atoms with van der Waals surface area (Å²) in [6.45, 7) is 0. The molecule has 2 atom stereocenters. The first-order chi connectivity index (χ1) is 12.1. The van der Waals surface area contributed by atoms with Gasteiger partial charge in [-0.25, -0.2) is 0 Å². The van der Waals surface area contributed by atoms with Gasteiger partial charge in [-0.2, -0.15) is 0 Å². The Balaban J connectivity index is 1.61. The molecule has 0 saturated carbocycles. The summed E-state index contributed by atoms with van der Waals surface area (Å²) in [4.78, 5) is 26.7. The molecule has 3 aliphatic rings. The number of thioether (sulfide) groups is 1. The van der Waals surface area contributed by atoms with Gasteiger partial charge in [0.25, 0.3) is 5.91 Å². The molecular formula is C20H16N2O2S. The van der Waals surface area contributed by atoms with Crippen LogP contribution in [0.1, 0.15) is 40.7 Å². The Morgan fingerprint density at radius 3 is 2.60 bits per heavy atom. The van der Waals surface area contributed by atoms with Gasteiger partial charge < -0.3 is 5.73 Å². The zero-order chi connectivity index (χ0) is 17.1. The van der Waals surface area contributed by atoms with E-state index in [9.17, 15) is 9.59 Å². The van der Waals surface area contributed by atoms with Gasteiger partial charge in [-0.15, -0.1) is 0 Å². The number of nitrogens with two attached hydrogens (primary N) is 1. The molecule has 5 heteroatoms. The van der Waals surface area contributed by atoms with Crippen LogP contribution in [0.15, 0.2) is 69.7 Å². The van der Waals surface area contributed by atoms with Gasteiger partial charge in [0, 0.05) is 23.9 Å². The molecule has 1 aliphatic carbocycles. The minimum atomic E-state index is -0.289. The standard InChI is InChI=1S/C20H16N2O2S/c21-19-18-16(13-7-4-8-22(13)20(18)24)17-14(23)9-12(10-15(17)25-19)11-5-2-1-3-6-11/h1-8,12,16H,9-10,21H2. The average molecular weight is 348 g/mol. The van der Waals surface area contributed by atoms with Crippen molar-refractivity contribution in [2.24, 2.45) is 5.73 Å². The fraction of sp³-hybridized carbons (Fsp3) is 0.200. The van der Waals surface area contributed by atoms with Crippen LogP contribution in [0, 0.1) is 0 Å². The molecule has 2 aliphatic heterocycles. The third-order valence-corrected chi connectivity index (χ3v) is 6.41. The predicted octanol–water partition coefficient (Wildman–Crippen LogP) is 3.54. The van der Waals surface area contributed by atoms with E-state index >= 15 is 0 Å². The number of rotatable bonds is 1. The summed E-state index contributed by atoms with van der Waals surface area (Å²) in [5.74, 6) is -0.0688. The first-order valence-electron chi connectivity index (χ1n) is 8.35. The Hall–Kier alpha value is -2.53. The highest BCUT2D eigenvalue weighted by Gasteiger charge is 2.46. The molecule has 0 saturated heterocycles. The molecule has 0 bridgehead atoms. The Kier molecular flexibility index (Phi) is 3.09. The third kappa shape index (κ3) is 2.02. The van der Waals surface area contributed by atoms with Crippen LogP contribution in [0.25, 0.3) is 0 Å². The van der Waals surface area contributed by atoms with Crippen LogP contribution in [0.2, 0.25) is 0 Å². The molecule has 25 heavy (non-hydrogen) atoms. The second kappa shape index (κ2) is 5.23. The zero-order valence-corrected chi connectivity index (χ0v) is 14.3. The predicted molar refractivity (Wildman–Crippen MR) is 97.1 cm³/mol. The van der Waals surface area contributed by atoms with Crippen LogP contribution in [-0.2, 0) is 4.79 Å². The van der Waals surface area contributed by atoms with E-state index in [1.165, 1.54) is 17.3 Å². The Bertz CT molecular complexity index is 984. The number of Topliss-reactive ketones (excluding diaryl/α,β-unsaturated/α-hetero) is 1. The highest BCUT2D eigenvalue weighted by atomic mass is 32.2. The smallest absolute Gasteiger partial charge is 0.261 e. The summed E-state index contributed by atoms with van der Waals surface area (Å²) < 4.78 is 1.62. The summed E-state index contributed by atoms with van der Waals surface area (Å²) in [6.07, 6.45) is 3.04. The second-order valence-electron chi connectivity index (χ2n) is 6.70. The minimum Gasteiger partial charge on any atom is -0.393 e. The van der Waals surface area contributed by atoms with E-state index in [-0.39, 0.29) is 23.5 Å². The second-order valence-corrected chi connectivity index (χ2v) is 7.83. The van der Waals surface area contributed by atoms with E-state index in [1.807, 2.05) is 30.3 Å². The number of allylic oxidation sites excluding steroid dienone is 3. The lowest BCUT2D eigenvalue weighted by molar-refractivity contribution is -0.116. The number of nitrogens with zero attached hydrogens (tertiary/aromatic N) is 1. The van der Waals surface area contributed by atoms with E-state index in [0.29, 0.717) is 17.0 Å². The first kappa shape index (κ1) is 14.8. The van der Waals surface area contributed by atoms with Crippen molar-refractivity contribution in [2.75, 3.05) is 0 Å². The van der Waals surface area contributed by atoms with Gasteiger partial charge in [-0.1, -0.05) is 42.1 Å². The molecular weight excluding hydrogens is 332 g/mol. The molecule has 0 radical (unpaired) electrons. The lowest BCUT2D eigenvalue weighted by Crippen LogP contribution is -2.26. The summed E-state index contributed by atoms with van der Waals surface area (Å²) in [6, 6.07) is 13.9. The van der Waals surface area contributed by atoms with Crippen LogP contribution in [-0.4, -0.2) is 16.3 Å². The van der Waals surface area contributed by atoms with Gasteiger partial charge in [0.15, 0.2) is 5.78 Å². The number of fused-ring (bicyclic) bond motifs is 4. The minimum absolute atomic E-state index is 0.0977. The highest BCUT2D eigenvalue weighted by Crippen LogP contribution is 2.54. The molecule has 1 aromatic carbocycles. The Morgan fingerprint density at radius 1 is 1.00 bits per heavy atom. The fourth-order valence-electron chi connectivity index (χ4n) is 4.22. The van der Waals surface area contributed by atoms with Gasteiger partial charge in [0.2, 0.25) is 0 Å². The summed E-state index contributed by atoms with van der Waals surface area (Å²) in [5.41, 5.74) is 9.65. The van der Waals surface area contributed by atoms with Crippen molar-refractivity contribution < 1.29 is 9.59 Å². The Morgan fingerprint density at radius 2 is 1.80 bits per heavy atom. The van der Waals surface area contributed by atoms with Crippen LogP contribution < -0.4 is 5.73 Å². The molecule has 0 spiro atoms. The maximum Gasteiger partial charge on any atom is 0.261 e. The van der Waals surface area contributed by atoms with Gasteiger partial charge >= 0.3 is 0 Å². The monoisotopic (exact) mass is 348 g/mol. The summed E-state index contributed by atoms with van der Waals surface area (Å²) in [7, 11) is 0. The largest absolute Gasteiger partial charge is 0.393 e. The van der Waals surface area contributed by atoms with Crippen LogP contribution in [0.5, 0.6) is 0 Å². The molecule has 2 N–H and O–H groups in total. The Labute approximate surface area is 149 Å². The molecule has 0 fully saturated rings. The fourth-order valence-corrected chi connectivity index (χ4v) is 5.42. The molecule has 124 valence electrons. The van der Waals surface area contributed by atoms with Gasteiger partial charge in [-0.05, 0) is 34.9 Å². The van der Waals surface area contributed by atoms with Crippen LogP contribution in [0.3, 0.4) is 0 Å². The summed E-state index contributed by atoms with van der Waals surface area (Å²) >= 11 is 1.41. The van der Waals surface area contributed by atoms with Crippen molar-refractivity contribution in [1.29, 1.82) is 0 Å². The van der Waals surface area contributed by atoms with Crippen molar-refractivity contribution in [1.82, 2.24) is 4.57 Å². The topological polar surface area (TPSA) is 65.1 Å². The van der Waals surface area contributed by atoms with Crippen LogP contribution >= 0.6 is 11.8 Å². The maximum absolute atomic E-state index is 13.0. The van der Waals surface area contributed by atoms with E-state index < -0.39 is 0 Å². The normalized spacial score (nSPS) is 25.1. The van der Waals surface area contributed by atoms with Gasteiger partial charge in [0.05, 0.1) is 16.5 Å². The van der Waals surface area contributed by atoms with Crippen molar-refractivity contribution in [2.45, 2.75) is 24.7 Å². The number of hydrogen-bond acceptors (Lipinski definition) is 4. The quantitative estimate of drug-likeness (QED) is 0.856. The number of carbonyl (C=O) groups excluding carboxylic acids is 2. The van der Waals surface area contributed by atoms with Crippen molar-refractivity contribution in [3.8, 4) is 0 Å². The van der Waals surface area contributed by atoms with E-state index in [1.54, 1.807) is 10.8 Å². The van der Waals surface area contributed by atoms with Crippen molar-refractivity contribution >= 4 is 23.5 Å². The third-order valence-electron chi connectivity index (χ3n) is 5.34. The highest BCUT2D eigenvalue weighted by molar-refractivity contribution is 8.06. The van der Waals surface area contributed by atoms with Gasteiger partial charge in [0.1, 0.15) is 0 Å². The van der Waals surface area contributed by atoms with Crippen molar-refractivity contribution in [3.63, 3.8) is 0 Å². The molecule has 5 rings (SSSR count). The van der Waals surface area contributed by atoms with E-state index in [0.717, 1.165) is 22.6 Å². The SMILES string of the molecule is NC1=C2C(=O)n3cccc3C2C2=C(CC(c3ccccc3)CC2=O)S1. The number of hydrogen-bond donors (Lipinski definition) is 1. The van der Waals surface area contributed by atoms with Crippen molar-refractivity contribution in [3.05, 3.63) is 81.0 Å². The first-order valence-corrected chi connectivity index (χ1v) is 9.17. The van der Waals surface area contributed by atoms with E-state index in [4.69, 9.17) is 5.73 Å². The molecule has 4 nitrogen and oxygen atoms in total. The number of aromatic nitrogens is 1. The molecule has 1 aromatic heterocycles. The lowest BCUT2D eigenvalue weighted by Gasteiger charge is -2.32. The maximum atomic E-state index is 13.0. The average Bonchev–Trinajstić information content (AvgIpc) is 3.19. The zero-order valence-electron chi connectivity index (χ0n) is 13.4.